The van der Waals surface area contributed by atoms with Crippen molar-refractivity contribution in [3.63, 3.8) is 0 Å². The van der Waals surface area contributed by atoms with Gasteiger partial charge in [0.1, 0.15) is 0 Å². The Bertz CT molecular complexity index is 255. The predicted molar refractivity (Wildman–Crippen MR) is 55.8 cm³/mol. The molecule has 0 spiro atoms. The number of allylic oxidation sites excluding steroid dienone is 1. The number of rotatable bonds is 2. The lowest BCUT2D eigenvalue weighted by Gasteiger charge is -2.44. The van der Waals surface area contributed by atoms with E-state index in [1.54, 1.807) is 5.57 Å². The van der Waals surface area contributed by atoms with Crippen LogP contribution in [0.3, 0.4) is 0 Å². The maximum absolute atomic E-state index is 9.65. The standard InChI is InChI=1S/C12H20O2/c1-7-11(8(2)14)4-3-9-5-10(6-13)12(7)9/h7-8,10-11,13-14H,3-6H2,1-2H3/t7-,8?,10-,11+/m1/s1. The number of aliphatic hydroxyl groups excluding tert-OH is 2. The highest BCUT2D eigenvalue weighted by Crippen LogP contribution is 2.49. The van der Waals surface area contributed by atoms with Crippen LogP contribution in [0, 0.1) is 17.8 Å². The molecule has 2 heteroatoms. The van der Waals surface area contributed by atoms with Gasteiger partial charge in [-0.1, -0.05) is 18.1 Å². The molecule has 0 bridgehead atoms. The summed E-state index contributed by atoms with van der Waals surface area (Å²) in [5.74, 6) is 1.29. The average molecular weight is 196 g/mol. The Morgan fingerprint density at radius 2 is 2.21 bits per heavy atom. The molecule has 14 heavy (non-hydrogen) atoms. The van der Waals surface area contributed by atoms with E-state index in [0.717, 1.165) is 19.3 Å². The second-order valence-corrected chi connectivity index (χ2v) is 4.87. The van der Waals surface area contributed by atoms with Crippen LogP contribution in [0.1, 0.15) is 33.1 Å². The number of hydrogen-bond acceptors (Lipinski definition) is 2. The van der Waals surface area contributed by atoms with Gasteiger partial charge in [0.25, 0.3) is 0 Å². The summed E-state index contributed by atoms with van der Waals surface area (Å²) in [5.41, 5.74) is 3.03. The summed E-state index contributed by atoms with van der Waals surface area (Å²) >= 11 is 0. The molecule has 0 saturated carbocycles. The van der Waals surface area contributed by atoms with Crippen LogP contribution in [-0.4, -0.2) is 22.9 Å². The SMILES string of the molecule is CC(O)[C@H]1CCC2=C([C@@H](CO)C2)[C@@H]1C. The molecular weight excluding hydrogens is 176 g/mol. The van der Waals surface area contributed by atoms with Crippen molar-refractivity contribution in [2.24, 2.45) is 17.8 Å². The van der Waals surface area contributed by atoms with Crippen LogP contribution in [0.4, 0.5) is 0 Å². The van der Waals surface area contributed by atoms with Crippen molar-refractivity contribution in [2.45, 2.75) is 39.2 Å². The molecule has 2 aliphatic carbocycles. The summed E-state index contributed by atoms with van der Waals surface area (Å²) in [6.45, 7) is 4.38. The Morgan fingerprint density at radius 1 is 1.50 bits per heavy atom. The van der Waals surface area contributed by atoms with Crippen molar-refractivity contribution >= 4 is 0 Å². The normalized spacial score (nSPS) is 39.0. The first kappa shape index (κ1) is 10.2. The van der Waals surface area contributed by atoms with Crippen LogP contribution in [0.5, 0.6) is 0 Å². The molecule has 2 rings (SSSR count). The molecule has 2 nitrogen and oxygen atoms in total. The molecule has 0 heterocycles. The Morgan fingerprint density at radius 3 is 2.79 bits per heavy atom. The number of hydrogen-bond donors (Lipinski definition) is 2. The Labute approximate surface area is 85.6 Å². The van der Waals surface area contributed by atoms with E-state index in [9.17, 15) is 10.2 Å². The van der Waals surface area contributed by atoms with Crippen molar-refractivity contribution in [3.8, 4) is 0 Å². The Hall–Kier alpha value is -0.340. The van der Waals surface area contributed by atoms with Gasteiger partial charge < -0.3 is 10.2 Å². The maximum Gasteiger partial charge on any atom is 0.0546 e. The minimum Gasteiger partial charge on any atom is -0.396 e. The van der Waals surface area contributed by atoms with Crippen LogP contribution in [0.2, 0.25) is 0 Å². The molecule has 4 atom stereocenters. The second-order valence-electron chi connectivity index (χ2n) is 4.87. The average Bonchev–Trinajstić information content (AvgIpc) is 2.07. The quantitative estimate of drug-likeness (QED) is 0.660. The van der Waals surface area contributed by atoms with E-state index >= 15 is 0 Å². The van der Waals surface area contributed by atoms with Crippen LogP contribution in [-0.2, 0) is 0 Å². The van der Waals surface area contributed by atoms with Crippen molar-refractivity contribution in [2.75, 3.05) is 6.61 Å². The van der Waals surface area contributed by atoms with E-state index in [0.29, 0.717) is 17.8 Å². The predicted octanol–water partition coefficient (Wildman–Crippen LogP) is 1.72. The van der Waals surface area contributed by atoms with Gasteiger partial charge in [0.2, 0.25) is 0 Å². The highest BCUT2D eigenvalue weighted by molar-refractivity contribution is 5.33. The first-order valence-corrected chi connectivity index (χ1v) is 5.65. The molecule has 0 aromatic rings. The van der Waals surface area contributed by atoms with Gasteiger partial charge in [-0.05, 0) is 38.0 Å². The summed E-state index contributed by atoms with van der Waals surface area (Å²) in [5, 5.41) is 18.8. The zero-order chi connectivity index (χ0) is 10.3. The summed E-state index contributed by atoms with van der Waals surface area (Å²) in [6.07, 6.45) is 3.16. The first-order valence-electron chi connectivity index (χ1n) is 5.65. The molecule has 1 unspecified atom stereocenters. The molecular formula is C12H20O2. The van der Waals surface area contributed by atoms with Gasteiger partial charge >= 0.3 is 0 Å². The lowest BCUT2D eigenvalue weighted by molar-refractivity contribution is 0.0771. The van der Waals surface area contributed by atoms with E-state index in [1.165, 1.54) is 5.57 Å². The Balaban J connectivity index is 2.14. The summed E-state index contributed by atoms with van der Waals surface area (Å²) in [7, 11) is 0. The topological polar surface area (TPSA) is 40.5 Å². The third-order valence-corrected chi connectivity index (χ3v) is 4.09. The van der Waals surface area contributed by atoms with E-state index in [2.05, 4.69) is 6.92 Å². The fourth-order valence-electron chi connectivity index (χ4n) is 3.27. The molecule has 0 aliphatic heterocycles. The highest BCUT2D eigenvalue weighted by atomic mass is 16.3. The van der Waals surface area contributed by atoms with E-state index in [1.807, 2.05) is 6.92 Å². The van der Waals surface area contributed by atoms with Gasteiger partial charge in [0, 0.05) is 12.5 Å². The summed E-state index contributed by atoms with van der Waals surface area (Å²) in [6, 6.07) is 0. The van der Waals surface area contributed by atoms with Crippen molar-refractivity contribution in [3.05, 3.63) is 11.1 Å². The maximum atomic E-state index is 9.65. The smallest absolute Gasteiger partial charge is 0.0546 e. The third-order valence-electron chi connectivity index (χ3n) is 4.09. The fourth-order valence-corrected chi connectivity index (χ4v) is 3.27. The van der Waals surface area contributed by atoms with Gasteiger partial charge in [0.05, 0.1) is 6.10 Å². The molecule has 0 radical (unpaired) electrons. The van der Waals surface area contributed by atoms with Gasteiger partial charge in [-0.25, -0.2) is 0 Å². The van der Waals surface area contributed by atoms with Crippen LogP contribution in [0.15, 0.2) is 11.1 Å². The van der Waals surface area contributed by atoms with E-state index in [4.69, 9.17) is 0 Å². The van der Waals surface area contributed by atoms with Gasteiger partial charge in [-0.3, -0.25) is 0 Å². The summed E-state index contributed by atoms with van der Waals surface area (Å²) in [4.78, 5) is 0. The first-order chi connectivity index (χ1) is 6.65. The minimum absolute atomic E-state index is 0.209. The Kier molecular flexibility index (Phi) is 2.67. The molecule has 0 amide bonds. The van der Waals surface area contributed by atoms with Crippen molar-refractivity contribution < 1.29 is 10.2 Å². The largest absolute Gasteiger partial charge is 0.396 e. The molecule has 0 aromatic heterocycles. The summed E-state index contributed by atoms with van der Waals surface area (Å²) < 4.78 is 0. The van der Waals surface area contributed by atoms with Crippen molar-refractivity contribution in [1.29, 1.82) is 0 Å². The molecule has 0 aromatic carbocycles. The zero-order valence-corrected chi connectivity index (χ0v) is 9.03. The van der Waals surface area contributed by atoms with Crippen LogP contribution < -0.4 is 0 Å². The van der Waals surface area contributed by atoms with Gasteiger partial charge in [-0.15, -0.1) is 0 Å². The molecule has 80 valence electrons. The number of aliphatic hydroxyl groups is 2. The lowest BCUT2D eigenvalue weighted by atomic mass is 9.62. The van der Waals surface area contributed by atoms with Crippen LogP contribution >= 0.6 is 0 Å². The monoisotopic (exact) mass is 196 g/mol. The highest BCUT2D eigenvalue weighted by Gasteiger charge is 2.39. The van der Waals surface area contributed by atoms with E-state index in [-0.39, 0.29) is 12.7 Å². The minimum atomic E-state index is -0.209. The molecule has 2 N–H and O–H groups in total. The van der Waals surface area contributed by atoms with Crippen molar-refractivity contribution in [1.82, 2.24) is 0 Å². The fraction of sp³-hybridized carbons (Fsp3) is 0.833. The van der Waals surface area contributed by atoms with Gasteiger partial charge in [-0.2, -0.15) is 0 Å². The molecule has 2 aliphatic rings. The molecule has 0 saturated heterocycles. The van der Waals surface area contributed by atoms with E-state index < -0.39 is 0 Å². The second kappa shape index (κ2) is 3.67. The lowest BCUT2D eigenvalue weighted by Crippen LogP contribution is -2.37. The zero-order valence-electron chi connectivity index (χ0n) is 9.03. The third kappa shape index (κ3) is 1.41. The van der Waals surface area contributed by atoms with Gasteiger partial charge in [0.15, 0.2) is 0 Å². The van der Waals surface area contributed by atoms with Crippen LogP contribution in [0.25, 0.3) is 0 Å². The molecule has 0 fully saturated rings.